The summed E-state index contributed by atoms with van der Waals surface area (Å²) in [6.45, 7) is 7.31. The van der Waals surface area contributed by atoms with Crippen LogP contribution >= 0.6 is 0 Å². The molecule has 21 heavy (non-hydrogen) atoms. The Kier molecular flexibility index (Phi) is 5.01. The Bertz CT molecular complexity index is 357. The predicted octanol–water partition coefficient (Wildman–Crippen LogP) is 1.82. The topological polar surface area (TPSA) is 44.8 Å². The standard InChI is InChI=1S/C16H29N3O2/c1-2-19(11-5-10-18-8-3-4-9-18)16(20)17-14-12-13-6-7-15(14)21-13/h13-15H,2-12H2,1H3,(H,17,20)/t13-,14+,15-/m1/s1. The van der Waals surface area contributed by atoms with Crippen molar-refractivity contribution in [3.63, 3.8) is 0 Å². The van der Waals surface area contributed by atoms with Crippen LogP contribution in [0, 0.1) is 0 Å². The van der Waals surface area contributed by atoms with Crippen LogP contribution in [-0.2, 0) is 4.74 Å². The molecule has 0 saturated carbocycles. The summed E-state index contributed by atoms with van der Waals surface area (Å²) in [6.07, 6.45) is 7.69. The number of amides is 2. The first-order valence-electron chi connectivity index (χ1n) is 8.69. The average molecular weight is 295 g/mol. The highest BCUT2D eigenvalue weighted by Crippen LogP contribution is 2.34. The van der Waals surface area contributed by atoms with Gasteiger partial charge in [-0.2, -0.15) is 0 Å². The Morgan fingerprint density at radius 3 is 2.76 bits per heavy atom. The number of fused-ring (bicyclic) bond motifs is 2. The molecule has 3 saturated heterocycles. The number of carbonyl (C=O) groups is 1. The molecule has 2 bridgehead atoms. The Labute approximate surface area is 128 Å². The van der Waals surface area contributed by atoms with Crippen LogP contribution in [0.5, 0.6) is 0 Å². The van der Waals surface area contributed by atoms with Gasteiger partial charge in [-0.15, -0.1) is 0 Å². The van der Waals surface area contributed by atoms with E-state index in [4.69, 9.17) is 4.74 Å². The van der Waals surface area contributed by atoms with E-state index >= 15 is 0 Å². The summed E-state index contributed by atoms with van der Waals surface area (Å²) in [7, 11) is 0. The van der Waals surface area contributed by atoms with Crippen molar-refractivity contribution < 1.29 is 9.53 Å². The van der Waals surface area contributed by atoms with Crippen LogP contribution in [0.4, 0.5) is 4.79 Å². The summed E-state index contributed by atoms with van der Waals surface area (Å²) in [4.78, 5) is 16.8. The third kappa shape index (κ3) is 3.69. The fraction of sp³-hybridized carbons (Fsp3) is 0.938. The lowest BCUT2D eigenvalue weighted by molar-refractivity contribution is 0.0970. The molecule has 120 valence electrons. The summed E-state index contributed by atoms with van der Waals surface area (Å²) < 4.78 is 5.81. The number of hydrogen-bond donors (Lipinski definition) is 1. The van der Waals surface area contributed by atoms with Gasteiger partial charge < -0.3 is 19.9 Å². The minimum absolute atomic E-state index is 0.0973. The van der Waals surface area contributed by atoms with Crippen molar-refractivity contribution in [1.29, 1.82) is 0 Å². The Morgan fingerprint density at radius 2 is 2.14 bits per heavy atom. The van der Waals surface area contributed by atoms with Crippen molar-refractivity contribution in [2.45, 2.75) is 63.7 Å². The smallest absolute Gasteiger partial charge is 0.317 e. The van der Waals surface area contributed by atoms with Gasteiger partial charge in [0.1, 0.15) is 0 Å². The van der Waals surface area contributed by atoms with Gasteiger partial charge in [-0.05, 0) is 65.1 Å². The number of rotatable bonds is 6. The van der Waals surface area contributed by atoms with E-state index in [9.17, 15) is 4.79 Å². The van der Waals surface area contributed by atoms with Crippen LogP contribution in [0.3, 0.4) is 0 Å². The maximum absolute atomic E-state index is 12.4. The molecule has 2 amide bonds. The second-order valence-corrected chi connectivity index (χ2v) is 6.65. The molecular formula is C16H29N3O2. The summed E-state index contributed by atoms with van der Waals surface area (Å²) in [5.41, 5.74) is 0. The first-order valence-corrected chi connectivity index (χ1v) is 8.69. The van der Waals surface area contributed by atoms with E-state index in [1.807, 2.05) is 4.90 Å². The highest BCUT2D eigenvalue weighted by molar-refractivity contribution is 5.74. The van der Waals surface area contributed by atoms with Gasteiger partial charge in [-0.25, -0.2) is 4.79 Å². The van der Waals surface area contributed by atoms with Gasteiger partial charge in [-0.1, -0.05) is 0 Å². The predicted molar refractivity (Wildman–Crippen MR) is 82.4 cm³/mol. The van der Waals surface area contributed by atoms with Crippen LogP contribution < -0.4 is 5.32 Å². The Morgan fingerprint density at radius 1 is 1.33 bits per heavy atom. The second-order valence-electron chi connectivity index (χ2n) is 6.65. The van der Waals surface area contributed by atoms with E-state index in [1.165, 1.54) is 32.4 Å². The van der Waals surface area contributed by atoms with E-state index in [2.05, 4.69) is 17.1 Å². The van der Waals surface area contributed by atoms with Crippen LogP contribution in [0.25, 0.3) is 0 Å². The quantitative estimate of drug-likeness (QED) is 0.813. The zero-order chi connectivity index (χ0) is 14.7. The molecule has 5 nitrogen and oxygen atoms in total. The largest absolute Gasteiger partial charge is 0.373 e. The second kappa shape index (κ2) is 6.97. The van der Waals surface area contributed by atoms with Crippen molar-refractivity contribution in [1.82, 2.24) is 15.1 Å². The van der Waals surface area contributed by atoms with Gasteiger partial charge in [0.05, 0.1) is 18.2 Å². The number of carbonyl (C=O) groups excluding carboxylic acids is 1. The molecule has 3 atom stereocenters. The number of nitrogens with one attached hydrogen (secondary N) is 1. The van der Waals surface area contributed by atoms with Crippen LogP contribution in [0.2, 0.25) is 0 Å². The van der Waals surface area contributed by atoms with Crippen LogP contribution in [0.15, 0.2) is 0 Å². The first-order chi connectivity index (χ1) is 10.3. The fourth-order valence-electron chi connectivity index (χ4n) is 3.93. The van der Waals surface area contributed by atoms with Gasteiger partial charge in [0.25, 0.3) is 0 Å². The van der Waals surface area contributed by atoms with Crippen molar-refractivity contribution >= 4 is 6.03 Å². The first kappa shape index (κ1) is 15.1. The molecule has 0 aromatic heterocycles. The van der Waals surface area contributed by atoms with Crippen LogP contribution in [-0.4, -0.2) is 66.8 Å². The van der Waals surface area contributed by atoms with Crippen molar-refractivity contribution in [3.8, 4) is 0 Å². The molecule has 3 aliphatic heterocycles. The summed E-state index contributed by atoms with van der Waals surface area (Å²) in [5, 5.41) is 3.19. The number of hydrogen-bond acceptors (Lipinski definition) is 3. The van der Waals surface area contributed by atoms with Crippen LogP contribution in [0.1, 0.15) is 45.4 Å². The molecule has 0 spiro atoms. The molecule has 3 rings (SSSR count). The minimum atomic E-state index is 0.0973. The van der Waals surface area contributed by atoms with Gasteiger partial charge in [0.15, 0.2) is 0 Å². The minimum Gasteiger partial charge on any atom is -0.373 e. The lowest BCUT2D eigenvalue weighted by Gasteiger charge is -2.27. The van der Waals surface area contributed by atoms with Gasteiger partial charge in [0.2, 0.25) is 0 Å². The van der Waals surface area contributed by atoms with Crippen molar-refractivity contribution in [3.05, 3.63) is 0 Å². The number of ether oxygens (including phenoxy) is 1. The molecule has 0 aromatic rings. The SMILES string of the molecule is CCN(CCCN1CCCC1)C(=O)N[C@H]1C[C@H]2CC[C@H]1O2. The molecule has 3 fully saturated rings. The zero-order valence-electron chi connectivity index (χ0n) is 13.2. The highest BCUT2D eigenvalue weighted by atomic mass is 16.5. The third-order valence-corrected chi connectivity index (χ3v) is 5.18. The Balaban J connectivity index is 1.38. The number of likely N-dealkylation sites (tertiary alicyclic amines) is 1. The lowest BCUT2D eigenvalue weighted by atomic mass is 9.96. The highest BCUT2D eigenvalue weighted by Gasteiger charge is 2.41. The van der Waals surface area contributed by atoms with Gasteiger partial charge >= 0.3 is 6.03 Å². The van der Waals surface area contributed by atoms with Crippen molar-refractivity contribution in [2.24, 2.45) is 0 Å². The molecule has 0 aliphatic carbocycles. The van der Waals surface area contributed by atoms with Gasteiger partial charge in [-0.3, -0.25) is 0 Å². The summed E-state index contributed by atoms with van der Waals surface area (Å²) in [6, 6.07) is 0.337. The Hall–Kier alpha value is -0.810. The molecule has 5 heteroatoms. The van der Waals surface area contributed by atoms with Crippen molar-refractivity contribution in [2.75, 3.05) is 32.7 Å². The normalized spacial score (nSPS) is 31.8. The number of urea groups is 1. The van der Waals surface area contributed by atoms with Gasteiger partial charge in [0, 0.05) is 13.1 Å². The summed E-state index contributed by atoms with van der Waals surface area (Å²) in [5.74, 6) is 0. The van der Waals surface area contributed by atoms with E-state index < -0.39 is 0 Å². The molecule has 3 aliphatic rings. The maximum Gasteiger partial charge on any atom is 0.317 e. The van der Waals surface area contributed by atoms with E-state index in [1.54, 1.807) is 0 Å². The van der Waals surface area contributed by atoms with E-state index in [0.29, 0.717) is 6.10 Å². The zero-order valence-corrected chi connectivity index (χ0v) is 13.2. The maximum atomic E-state index is 12.4. The molecule has 0 aromatic carbocycles. The average Bonchev–Trinajstić information content (AvgIpc) is 3.20. The molecule has 3 heterocycles. The molecular weight excluding hydrogens is 266 g/mol. The molecule has 1 N–H and O–H groups in total. The summed E-state index contributed by atoms with van der Waals surface area (Å²) >= 11 is 0. The van der Waals surface area contributed by atoms with E-state index in [-0.39, 0.29) is 18.2 Å². The lowest BCUT2D eigenvalue weighted by Crippen LogP contribution is -2.48. The molecule has 0 radical (unpaired) electrons. The monoisotopic (exact) mass is 295 g/mol. The molecule has 0 unspecified atom stereocenters. The third-order valence-electron chi connectivity index (χ3n) is 5.18. The van der Waals surface area contributed by atoms with E-state index in [0.717, 1.165) is 38.9 Å². The number of nitrogens with zero attached hydrogens (tertiary/aromatic N) is 2. The fourth-order valence-corrected chi connectivity index (χ4v) is 3.93.